The third-order valence-electron chi connectivity index (χ3n) is 2.68. The van der Waals surface area contributed by atoms with Crippen LogP contribution in [0.3, 0.4) is 0 Å². The molecule has 0 spiro atoms. The molecular formula is C13H11ClN2O2. The zero-order valence-electron chi connectivity index (χ0n) is 9.98. The van der Waals surface area contributed by atoms with Crippen LogP contribution in [0.4, 0.5) is 0 Å². The molecule has 0 amide bonds. The summed E-state index contributed by atoms with van der Waals surface area (Å²) in [6, 6.07) is 7.85. The largest absolute Gasteiger partial charge is 0.451 e. The van der Waals surface area contributed by atoms with E-state index in [0.717, 1.165) is 11.0 Å². The number of benzene rings is 1. The second-order valence-corrected chi connectivity index (χ2v) is 4.88. The third-order valence-corrected chi connectivity index (χ3v) is 2.88. The van der Waals surface area contributed by atoms with Gasteiger partial charge in [0.1, 0.15) is 5.58 Å². The molecule has 0 aliphatic carbocycles. The van der Waals surface area contributed by atoms with E-state index in [0.29, 0.717) is 17.5 Å². The molecule has 1 aromatic carbocycles. The van der Waals surface area contributed by atoms with Gasteiger partial charge in [-0.1, -0.05) is 16.8 Å². The number of halogens is 1. The van der Waals surface area contributed by atoms with Crippen LogP contribution in [0.15, 0.2) is 33.2 Å². The first-order valence-electron chi connectivity index (χ1n) is 5.62. The Labute approximate surface area is 109 Å². The van der Waals surface area contributed by atoms with Gasteiger partial charge >= 0.3 is 0 Å². The highest BCUT2D eigenvalue weighted by atomic mass is 35.5. The highest BCUT2D eigenvalue weighted by Crippen LogP contribution is 2.28. The lowest BCUT2D eigenvalue weighted by atomic mass is 10.2. The lowest BCUT2D eigenvalue weighted by Crippen LogP contribution is -1.86. The van der Waals surface area contributed by atoms with Crippen molar-refractivity contribution in [3.8, 4) is 11.7 Å². The van der Waals surface area contributed by atoms with Gasteiger partial charge in [0.25, 0.3) is 5.89 Å². The van der Waals surface area contributed by atoms with Crippen molar-refractivity contribution in [2.75, 3.05) is 0 Å². The van der Waals surface area contributed by atoms with Gasteiger partial charge in [-0.05, 0) is 32.0 Å². The van der Waals surface area contributed by atoms with Crippen molar-refractivity contribution in [3.05, 3.63) is 35.7 Å². The minimum absolute atomic E-state index is 0.283. The Morgan fingerprint density at radius 2 is 2.11 bits per heavy atom. The molecule has 2 heterocycles. The van der Waals surface area contributed by atoms with Gasteiger partial charge in [-0.25, -0.2) is 0 Å². The summed E-state index contributed by atoms with van der Waals surface area (Å²) in [6.45, 7) is 3.82. The first-order valence-corrected chi connectivity index (χ1v) is 6.05. The molecule has 18 heavy (non-hydrogen) atoms. The lowest BCUT2D eigenvalue weighted by molar-refractivity contribution is 0.411. The number of rotatable bonds is 2. The van der Waals surface area contributed by atoms with E-state index < -0.39 is 0 Å². The van der Waals surface area contributed by atoms with Crippen LogP contribution in [-0.2, 0) is 0 Å². The van der Waals surface area contributed by atoms with Crippen LogP contribution in [0, 0.1) is 6.92 Å². The summed E-state index contributed by atoms with van der Waals surface area (Å²) in [5, 5.41) is 4.54. The summed E-state index contributed by atoms with van der Waals surface area (Å²) < 4.78 is 10.8. The van der Waals surface area contributed by atoms with E-state index in [1.807, 2.05) is 31.2 Å². The highest BCUT2D eigenvalue weighted by molar-refractivity contribution is 6.20. The molecule has 2 aromatic heterocycles. The Balaban J connectivity index is 2.07. The van der Waals surface area contributed by atoms with Gasteiger partial charge in [-0.3, -0.25) is 0 Å². The Kier molecular flexibility index (Phi) is 2.59. The minimum atomic E-state index is -0.283. The first-order chi connectivity index (χ1) is 8.63. The Morgan fingerprint density at radius 1 is 1.28 bits per heavy atom. The summed E-state index contributed by atoms with van der Waals surface area (Å²) in [6.07, 6.45) is 0. The molecule has 0 fully saturated rings. The molecule has 0 saturated heterocycles. The van der Waals surface area contributed by atoms with E-state index in [-0.39, 0.29) is 5.38 Å². The molecule has 0 N–H and O–H groups in total. The standard InChI is InChI=1S/C13H11ClN2O2/c1-7-3-4-10-9(5-7)6-11(17-10)13-15-12(8(2)14)16-18-13/h3-6,8H,1-2H3. The molecule has 3 rings (SSSR count). The monoisotopic (exact) mass is 262 g/mol. The van der Waals surface area contributed by atoms with Crippen LogP contribution in [0.1, 0.15) is 23.7 Å². The van der Waals surface area contributed by atoms with Crippen LogP contribution in [0.2, 0.25) is 0 Å². The predicted octanol–water partition coefficient (Wildman–Crippen LogP) is 4.09. The number of alkyl halides is 1. The Hall–Kier alpha value is -1.81. The summed E-state index contributed by atoms with van der Waals surface area (Å²) in [5.41, 5.74) is 1.98. The normalized spacial score (nSPS) is 13.1. The maximum Gasteiger partial charge on any atom is 0.293 e. The van der Waals surface area contributed by atoms with Crippen molar-refractivity contribution >= 4 is 22.6 Å². The van der Waals surface area contributed by atoms with Gasteiger partial charge in [0.05, 0.1) is 5.38 Å². The maximum absolute atomic E-state index is 5.89. The summed E-state index contributed by atoms with van der Waals surface area (Å²) in [7, 11) is 0. The van der Waals surface area contributed by atoms with Gasteiger partial charge in [-0.15, -0.1) is 11.6 Å². The molecule has 92 valence electrons. The van der Waals surface area contributed by atoms with E-state index in [2.05, 4.69) is 10.1 Å². The highest BCUT2D eigenvalue weighted by Gasteiger charge is 2.16. The fraction of sp³-hybridized carbons (Fsp3) is 0.231. The molecule has 0 aliphatic heterocycles. The van der Waals surface area contributed by atoms with Gasteiger partial charge < -0.3 is 8.94 Å². The second-order valence-electron chi connectivity index (χ2n) is 4.23. The van der Waals surface area contributed by atoms with E-state index in [1.54, 1.807) is 6.92 Å². The zero-order chi connectivity index (χ0) is 12.7. The molecule has 0 bridgehead atoms. The van der Waals surface area contributed by atoms with Gasteiger partial charge in [0.15, 0.2) is 11.6 Å². The number of aryl methyl sites for hydroxylation is 1. The zero-order valence-corrected chi connectivity index (χ0v) is 10.7. The first kappa shape index (κ1) is 11.3. The van der Waals surface area contributed by atoms with E-state index in [1.165, 1.54) is 5.56 Å². The SMILES string of the molecule is Cc1ccc2oc(-c3nc(C(C)Cl)no3)cc2c1. The second kappa shape index (κ2) is 4.14. The minimum Gasteiger partial charge on any atom is -0.451 e. The average Bonchev–Trinajstić information content (AvgIpc) is 2.93. The summed E-state index contributed by atoms with van der Waals surface area (Å²) >= 11 is 5.89. The van der Waals surface area contributed by atoms with Crippen LogP contribution in [0.5, 0.6) is 0 Å². The molecule has 0 aliphatic rings. The smallest absolute Gasteiger partial charge is 0.293 e. The quantitative estimate of drug-likeness (QED) is 0.653. The number of hydrogen-bond acceptors (Lipinski definition) is 4. The Bertz CT molecular complexity index is 700. The van der Waals surface area contributed by atoms with Crippen molar-refractivity contribution < 1.29 is 8.94 Å². The van der Waals surface area contributed by atoms with Gasteiger partial charge in [-0.2, -0.15) is 4.98 Å². The van der Waals surface area contributed by atoms with E-state index in [4.69, 9.17) is 20.5 Å². The van der Waals surface area contributed by atoms with Gasteiger partial charge in [0, 0.05) is 5.39 Å². The van der Waals surface area contributed by atoms with Gasteiger partial charge in [0.2, 0.25) is 0 Å². The fourth-order valence-electron chi connectivity index (χ4n) is 1.76. The topological polar surface area (TPSA) is 52.1 Å². The van der Waals surface area contributed by atoms with Crippen molar-refractivity contribution in [2.24, 2.45) is 0 Å². The van der Waals surface area contributed by atoms with Crippen molar-refractivity contribution in [3.63, 3.8) is 0 Å². The molecule has 1 unspecified atom stereocenters. The summed E-state index contributed by atoms with van der Waals surface area (Å²) in [4.78, 5) is 4.19. The fourth-order valence-corrected chi connectivity index (χ4v) is 1.85. The average molecular weight is 263 g/mol. The van der Waals surface area contributed by atoms with E-state index in [9.17, 15) is 0 Å². The number of fused-ring (bicyclic) bond motifs is 1. The molecule has 5 heteroatoms. The third kappa shape index (κ3) is 1.88. The molecule has 4 nitrogen and oxygen atoms in total. The van der Waals surface area contributed by atoms with Crippen LogP contribution < -0.4 is 0 Å². The number of aromatic nitrogens is 2. The Morgan fingerprint density at radius 3 is 2.83 bits per heavy atom. The van der Waals surface area contributed by atoms with Crippen LogP contribution in [0.25, 0.3) is 22.6 Å². The maximum atomic E-state index is 5.89. The number of nitrogens with zero attached hydrogens (tertiary/aromatic N) is 2. The van der Waals surface area contributed by atoms with Crippen LogP contribution >= 0.6 is 11.6 Å². The van der Waals surface area contributed by atoms with E-state index >= 15 is 0 Å². The molecule has 0 radical (unpaired) electrons. The number of hydrogen-bond donors (Lipinski definition) is 0. The lowest BCUT2D eigenvalue weighted by Gasteiger charge is -1.89. The molecule has 3 aromatic rings. The summed E-state index contributed by atoms with van der Waals surface area (Å²) in [5.74, 6) is 1.38. The van der Waals surface area contributed by atoms with Crippen molar-refractivity contribution in [1.29, 1.82) is 0 Å². The predicted molar refractivity (Wildman–Crippen MR) is 68.5 cm³/mol. The molecular weight excluding hydrogens is 252 g/mol. The molecule has 1 atom stereocenters. The molecule has 0 saturated carbocycles. The van der Waals surface area contributed by atoms with Crippen LogP contribution in [-0.4, -0.2) is 10.1 Å². The number of furan rings is 1. The van der Waals surface area contributed by atoms with Crippen molar-refractivity contribution in [1.82, 2.24) is 10.1 Å². The van der Waals surface area contributed by atoms with Crippen molar-refractivity contribution in [2.45, 2.75) is 19.2 Å².